The molecule has 1 saturated heterocycles. The minimum Gasteiger partial charge on any atom is -0.347 e. The number of rotatable bonds is 5. The van der Waals surface area contributed by atoms with Gasteiger partial charge in [0.15, 0.2) is 0 Å². The lowest BCUT2D eigenvalue weighted by atomic mass is 9.85. The molecule has 0 N–H and O–H groups in total. The van der Waals surface area contributed by atoms with E-state index in [9.17, 15) is 4.79 Å². The Morgan fingerprint density at radius 3 is 2.72 bits per heavy atom. The van der Waals surface area contributed by atoms with Crippen molar-refractivity contribution in [3.05, 3.63) is 53.1 Å². The first-order chi connectivity index (χ1) is 14.3. The van der Waals surface area contributed by atoms with E-state index < -0.39 is 0 Å². The van der Waals surface area contributed by atoms with Crippen LogP contribution in [0, 0.1) is 5.92 Å². The van der Waals surface area contributed by atoms with E-state index in [2.05, 4.69) is 19.2 Å². The topological polar surface area (TPSA) is 76.8 Å². The molecular weight excluding hydrogens is 384 g/mol. The van der Waals surface area contributed by atoms with Crippen LogP contribution in [0.5, 0.6) is 0 Å². The maximum Gasteiger partial charge on any atom is 0.253 e. The predicted molar refractivity (Wildman–Crippen MR) is 113 cm³/mol. The van der Waals surface area contributed by atoms with E-state index in [4.69, 9.17) is 4.98 Å². The van der Waals surface area contributed by atoms with Crippen molar-refractivity contribution in [2.24, 2.45) is 5.92 Å². The van der Waals surface area contributed by atoms with Crippen LogP contribution in [-0.4, -0.2) is 37.0 Å². The fourth-order valence-corrected chi connectivity index (χ4v) is 4.80. The van der Waals surface area contributed by atoms with Crippen molar-refractivity contribution >= 4 is 16.7 Å². The second kappa shape index (κ2) is 8.02. The van der Waals surface area contributed by atoms with Crippen LogP contribution in [0.15, 0.2) is 41.7 Å². The van der Waals surface area contributed by atoms with Crippen LogP contribution in [0.3, 0.4) is 0 Å². The van der Waals surface area contributed by atoms with Gasteiger partial charge in [-0.25, -0.2) is 9.97 Å². The summed E-state index contributed by atoms with van der Waals surface area (Å²) < 4.78 is 6.31. The van der Waals surface area contributed by atoms with Gasteiger partial charge in [-0.3, -0.25) is 14.3 Å². The lowest BCUT2D eigenvalue weighted by Gasteiger charge is -2.31. The highest BCUT2D eigenvalue weighted by Gasteiger charge is 2.26. The average Bonchev–Trinajstić information content (AvgIpc) is 3.19. The highest BCUT2D eigenvalue weighted by Crippen LogP contribution is 2.36. The fourth-order valence-electron chi connectivity index (χ4n) is 4.01. The van der Waals surface area contributed by atoms with Crippen molar-refractivity contribution in [1.29, 1.82) is 0 Å². The highest BCUT2D eigenvalue weighted by molar-refractivity contribution is 7.09. The first-order valence-electron chi connectivity index (χ1n) is 10.3. The van der Waals surface area contributed by atoms with Crippen molar-refractivity contribution in [2.75, 3.05) is 18.0 Å². The SMILES string of the molecule is O=c1cc(-c2cccnc2)ncn1CC1CCN(c2nc(C3CCC3)ns2)CC1. The van der Waals surface area contributed by atoms with Crippen molar-refractivity contribution in [2.45, 2.75) is 44.6 Å². The molecule has 0 bridgehead atoms. The molecule has 0 radical (unpaired) electrons. The quantitative estimate of drug-likeness (QED) is 0.644. The van der Waals surface area contributed by atoms with E-state index in [0.29, 0.717) is 17.5 Å². The molecule has 150 valence electrons. The maximum absolute atomic E-state index is 12.5. The standard InChI is InChI=1S/C21H24N6OS/c28-19-11-18(17-5-2-8-22-12-17)23-14-27(19)13-15-6-9-26(10-7-15)21-24-20(25-29-21)16-3-1-4-16/h2,5,8,11-12,14-16H,1,3-4,6-7,9-10,13H2. The lowest BCUT2D eigenvalue weighted by molar-refractivity contribution is 0.350. The van der Waals surface area contributed by atoms with Gasteiger partial charge in [0, 0.05) is 61.1 Å². The third kappa shape index (κ3) is 3.94. The number of piperidine rings is 1. The third-order valence-electron chi connectivity index (χ3n) is 6.08. The average molecular weight is 409 g/mol. The molecule has 2 aliphatic rings. The van der Waals surface area contributed by atoms with Gasteiger partial charge < -0.3 is 4.90 Å². The summed E-state index contributed by atoms with van der Waals surface area (Å²) >= 11 is 1.54. The molecule has 5 rings (SSSR count). The summed E-state index contributed by atoms with van der Waals surface area (Å²) in [4.78, 5) is 28.2. The van der Waals surface area contributed by atoms with Crippen LogP contribution in [0.2, 0.25) is 0 Å². The largest absolute Gasteiger partial charge is 0.347 e. The Labute approximate surface area is 173 Å². The summed E-state index contributed by atoms with van der Waals surface area (Å²) in [6.45, 7) is 2.66. The Balaban J connectivity index is 1.19. The summed E-state index contributed by atoms with van der Waals surface area (Å²) in [5.74, 6) is 2.12. The normalized spacial score (nSPS) is 18.0. The van der Waals surface area contributed by atoms with E-state index in [1.54, 1.807) is 29.4 Å². The molecule has 0 aromatic carbocycles. The van der Waals surface area contributed by atoms with Gasteiger partial charge in [0.05, 0.1) is 12.0 Å². The molecular formula is C21H24N6OS. The van der Waals surface area contributed by atoms with E-state index in [-0.39, 0.29) is 5.56 Å². The van der Waals surface area contributed by atoms with E-state index in [0.717, 1.165) is 49.0 Å². The molecule has 0 atom stereocenters. The molecule has 0 spiro atoms. The van der Waals surface area contributed by atoms with Gasteiger partial charge in [0.25, 0.3) is 5.56 Å². The Morgan fingerprint density at radius 1 is 1.17 bits per heavy atom. The molecule has 0 unspecified atom stereocenters. The van der Waals surface area contributed by atoms with Gasteiger partial charge in [0.1, 0.15) is 5.82 Å². The minimum absolute atomic E-state index is 0.00412. The number of nitrogens with zero attached hydrogens (tertiary/aromatic N) is 6. The summed E-state index contributed by atoms with van der Waals surface area (Å²) in [6.07, 6.45) is 11.0. The molecule has 4 heterocycles. The molecule has 1 aliphatic heterocycles. The number of hydrogen-bond donors (Lipinski definition) is 0. The van der Waals surface area contributed by atoms with Crippen LogP contribution >= 0.6 is 11.5 Å². The molecule has 1 saturated carbocycles. The first kappa shape index (κ1) is 18.4. The Bertz CT molecular complexity index is 1020. The minimum atomic E-state index is -0.00412. The predicted octanol–water partition coefficient (Wildman–Crippen LogP) is 3.34. The molecule has 7 nitrogen and oxygen atoms in total. The van der Waals surface area contributed by atoms with Crippen molar-refractivity contribution in [1.82, 2.24) is 23.9 Å². The van der Waals surface area contributed by atoms with Crippen LogP contribution in [-0.2, 0) is 6.54 Å². The zero-order valence-electron chi connectivity index (χ0n) is 16.3. The van der Waals surface area contributed by atoms with Gasteiger partial charge in [0.2, 0.25) is 5.13 Å². The van der Waals surface area contributed by atoms with Crippen LogP contribution in [0.4, 0.5) is 5.13 Å². The molecule has 0 amide bonds. The van der Waals surface area contributed by atoms with E-state index in [1.165, 1.54) is 30.8 Å². The first-order valence-corrected chi connectivity index (χ1v) is 11.1. The number of hydrogen-bond acceptors (Lipinski definition) is 7. The van der Waals surface area contributed by atoms with Gasteiger partial charge in [-0.15, -0.1) is 0 Å². The molecule has 3 aromatic heterocycles. The Morgan fingerprint density at radius 2 is 2.03 bits per heavy atom. The van der Waals surface area contributed by atoms with Crippen molar-refractivity contribution < 1.29 is 0 Å². The molecule has 8 heteroatoms. The maximum atomic E-state index is 12.5. The lowest BCUT2D eigenvalue weighted by Crippen LogP contribution is -2.36. The summed E-state index contributed by atoms with van der Waals surface area (Å²) in [7, 11) is 0. The zero-order chi connectivity index (χ0) is 19.6. The summed E-state index contributed by atoms with van der Waals surface area (Å²) in [6, 6.07) is 5.37. The van der Waals surface area contributed by atoms with Crippen molar-refractivity contribution in [3.63, 3.8) is 0 Å². The van der Waals surface area contributed by atoms with Gasteiger partial charge >= 0.3 is 0 Å². The monoisotopic (exact) mass is 408 g/mol. The van der Waals surface area contributed by atoms with Crippen LogP contribution < -0.4 is 10.5 Å². The van der Waals surface area contributed by atoms with Gasteiger partial charge in [-0.1, -0.05) is 6.42 Å². The fraction of sp³-hybridized carbons (Fsp3) is 0.476. The van der Waals surface area contributed by atoms with Crippen LogP contribution in [0.1, 0.15) is 43.8 Å². The number of pyridine rings is 1. The molecule has 1 aliphatic carbocycles. The van der Waals surface area contributed by atoms with Gasteiger partial charge in [-0.2, -0.15) is 4.37 Å². The van der Waals surface area contributed by atoms with Crippen molar-refractivity contribution in [3.8, 4) is 11.3 Å². The summed E-state index contributed by atoms with van der Waals surface area (Å²) in [5.41, 5.74) is 1.53. The molecule has 29 heavy (non-hydrogen) atoms. The number of anilines is 1. The van der Waals surface area contributed by atoms with E-state index in [1.807, 2.05) is 12.1 Å². The smallest absolute Gasteiger partial charge is 0.253 e. The Hall–Kier alpha value is -2.61. The van der Waals surface area contributed by atoms with Crippen LogP contribution in [0.25, 0.3) is 11.3 Å². The highest BCUT2D eigenvalue weighted by atomic mass is 32.1. The second-order valence-electron chi connectivity index (χ2n) is 8.00. The number of aromatic nitrogens is 5. The molecule has 3 aromatic rings. The Kier molecular flexibility index (Phi) is 5.10. The third-order valence-corrected chi connectivity index (χ3v) is 6.87. The molecule has 2 fully saturated rings. The van der Waals surface area contributed by atoms with Gasteiger partial charge in [-0.05, 0) is 43.7 Å². The second-order valence-corrected chi connectivity index (χ2v) is 8.73. The van der Waals surface area contributed by atoms with E-state index >= 15 is 0 Å². The summed E-state index contributed by atoms with van der Waals surface area (Å²) in [5, 5.41) is 1.06. The zero-order valence-corrected chi connectivity index (χ0v) is 17.1.